The molecule has 0 atom stereocenters. The van der Waals surface area contributed by atoms with Crippen LogP contribution in [0.15, 0.2) is 58.3 Å². The summed E-state index contributed by atoms with van der Waals surface area (Å²) >= 11 is 5.98. The number of carbonyl (C=O) groups is 1. The van der Waals surface area contributed by atoms with E-state index in [1.54, 1.807) is 62.4 Å². The number of aromatic amines is 1. The number of hydrogen-bond donors (Lipinski definition) is 3. The number of benzene rings is 2. The van der Waals surface area contributed by atoms with Crippen molar-refractivity contribution in [2.24, 2.45) is 4.99 Å². The van der Waals surface area contributed by atoms with Crippen LogP contribution in [0.2, 0.25) is 5.02 Å². The molecular formula is C24H27ClN4O4. The predicted octanol–water partition coefficient (Wildman–Crippen LogP) is 3.74. The summed E-state index contributed by atoms with van der Waals surface area (Å²) in [6.07, 6.45) is 0.0344. The van der Waals surface area contributed by atoms with Crippen molar-refractivity contribution in [3.8, 4) is 11.6 Å². The quantitative estimate of drug-likeness (QED) is 0.488. The average Bonchev–Trinajstić information content (AvgIpc) is 2.72. The number of carbonyl (C=O) groups excluding carboxylic acids is 1. The summed E-state index contributed by atoms with van der Waals surface area (Å²) in [5, 5.41) is 13.7. The van der Waals surface area contributed by atoms with Crippen LogP contribution in [0.4, 0.5) is 5.69 Å². The number of halogens is 1. The number of nitrogens with zero attached hydrogens (tertiary/aromatic N) is 2. The Hall–Kier alpha value is -3.52. The second-order valence-corrected chi connectivity index (χ2v) is 8.53. The van der Waals surface area contributed by atoms with Gasteiger partial charge in [0.1, 0.15) is 5.75 Å². The Labute approximate surface area is 196 Å². The number of ether oxygens (including phenoxy) is 1. The first-order valence-electron chi connectivity index (χ1n) is 10.6. The Bertz CT molecular complexity index is 1240. The molecule has 8 nitrogen and oxygen atoms in total. The van der Waals surface area contributed by atoms with Crippen LogP contribution in [-0.2, 0) is 6.54 Å². The van der Waals surface area contributed by atoms with Gasteiger partial charge < -0.3 is 15.2 Å². The fraction of sp³-hybridized carbons (Fsp3) is 0.292. The first kappa shape index (κ1) is 24.1. The van der Waals surface area contributed by atoms with E-state index in [1.807, 2.05) is 13.8 Å². The van der Waals surface area contributed by atoms with Crippen molar-refractivity contribution in [1.29, 1.82) is 0 Å². The van der Waals surface area contributed by atoms with Crippen LogP contribution < -0.4 is 21.2 Å². The summed E-state index contributed by atoms with van der Waals surface area (Å²) < 4.78 is 6.95. The zero-order chi connectivity index (χ0) is 24.1. The van der Waals surface area contributed by atoms with Gasteiger partial charge in [-0.1, -0.05) is 23.7 Å². The van der Waals surface area contributed by atoms with Gasteiger partial charge in [-0.3, -0.25) is 19.1 Å². The van der Waals surface area contributed by atoms with Crippen molar-refractivity contribution >= 4 is 23.2 Å². The Kier molecular flexibility index (Phi) is 7.60. The monoisotopic (exact) mass is 470 g/mol. The van der Waals surface area contributed by atoms with E-state index in [0.29, 0.717) is 16.5 Å². The molecule has 2 aromatic carbocycles. The van der Waals surface area contributed by atoms with Crippen molar-refractivity contribution in [3.05, 3.63) is 80.7 Å². The molecule has 174 valence electrons. The molecule has 1 amide bonds. The van der Waals surface area contributed by atoms with Gasteiger partial charge in [0.2, 0.25) is 11.5 Å². The number of amides is 1. The number of hydrogen-bond acceptors (Lipinski definition) is 5. The van der Waals surface area contributed by atoms with Crippen molar-refractivity contribution < 1.29 is 14.6 Å². The Morgan fingerprint density at radius 2 is 1.76 bits per heavy atom. The van der Waals surface area contributed by atoms with Crippen molar-refractivity contribution in [2.45, 2.75) is 46.4 Å². The summed E-state index contributed by atoms with van der Waals surface area (Å²) in [7, 11) is 0. The molecule has 1 heterocycles. The number of aromatic nitrogens is 2. The number of H-pyrrole nitrogens is 1. The van der Waals surface area contributed by atoms with Gasteiger partial charge in [-0.15, -0.1) is 0 Å². The van der Waals surface area contributed by atoms with Crippen LogP contribution in [0.1, 0.15) is 43.6 Å². The molecule has 0 fully saturated rings. The van der Waals surface area contributed by atoms with E-state index in [-0.39, 0.29) is 29.9 Å². The van der Waals surface area contributed by atoms with E-state index in [1.165, 1.54) is 4.57 Å². The summed E-state index contributed by atoms with van der Waals surface area (Å²) in [4.78, 5) is 33.1. The standard InChI is InChI=1S/C24H27ClN4O4/c1-14(2)26-21(30)20-22(31)28-24(27-18-9-11-19(12-10-18)33-15(3)4)29(23(20)32)13-16-5-7-17(25)8-6-16/h5-12,14-15,31H,13H2,1-4H3,(H,26,30)(H,27,28). The molecule has 3 rings (SSSR count). The number of rotatable bonds is 7. The minimum atomic E-state index is -0.671. The van der Waals surface area contributed by atoms with E-state index in [4.69, 9.17) is 16.3 Å². The molecule has 0 aliphatic rings. The maximum atomic E-state index is 13.3. The average molecular weight is 471 g/mol. The molecule has 0 spiro atoms. The third-order valence-electron chi connectivity index (χ3n) is 4.53. The van der Waals surface area contributed by atoms with Crippen LogP contribution in [0.25, 0.3) is 0 Å². The molecular weight excluding hydrogens is 444 g/mol. The highest BCUT2D eigenvalue weighted by Crippen LogP contribution is 2.19. The van der Waals surface area contributed by atoms with Gasteiger partial charge in [-0.25, -0.2) is 4.99 Å². The summed E-state index contributed by atoms with van der Waals surface area (Å²) in [6.45, 7) is 7.51. The number of nitrogens with one attached hydrogen (secondary N) is 2. The first-order chi connectivity index (χ1) is 15.6. The Morgan fingerprint density at radius 1 is 1.12 bits per heavy atom. The molecule has 9 heteroatoms. The van der Waals surface area contributed by atoms with Crippen LogP contribution in [-0.4, -0.2) is 32.7 Å². The Morgan fingerprint density at radius 3 is 2.33 bits per heavy atom. The molecule has 3 N–H and O–H groups in total. The van der Waals surface area contributed by atoms with Gasteiger partial charge >= 0.3 is 0 Å². The van der Waals surface area contributed by atoms with E-state index >= 15 is 0 Å². The molecule has 0 unspecified atom stereocenters. The maximum absolute atomic E-state index is 13.3. The Balaban J connectivity index is 2.13. The van der Waals surface area contributed by atoms with Crippen LogP contribution >= 0.6 is 11.6 Å². The van der Waals surface area contributed by atoms with Crippen molar-refractivity contribution in [3.63, 3.8) is 0 Å². The molecule has 33 heavy (non-hydrogen) atoms. The summed E-state index contributed by atoms with van der Waals surface area (Å²) in [5.41, 5.74) is 0.347. The third-order valence-corrected chi connectivity index (χ3v) is 4.78. The van der Waals surface area contributed by atoms with Gasteiger partial charge in [-0.2, -0.15) is 0 Å². The van der Waals surface area contributed by atoms with E-state index in [9.17, 15) is 14.7 Å². The normalized spacial score (nSPS) is 11.8. The molecule has 0 saturated heterocycles. The highest BCUT2D eigenvalue weighted by molar-refractivity contribution is 6.30. The highest BCUT2D eigenvalue weighted by Gasteiger charge is 2.21. The van der Waals surface area contributed by atoms with Crippen LogP contribution in [0, 0.1) is 0 Å². The SMILES string of the molecule is CC(C)NC(=O)c1c(O)[nH]/c(=N\c2ccc(OC(C)C)cc2)n(Cc2ccc(Cl)cc2)c1=O. The predicted molar refractivity (Wildman–Crippen MR) is 127 cm³/mol. The highest BCUT2D eigenvalue weighted by atomic mass is 35.5. The van der Waals surface area contributed by atoms with E-state index < -0.39 is 17.3 Å². The lowest BCUT2D eigenvalue weighted by Gasteiger charge is -2.13. The second kappa shape index (κ2) is 10.4. The van der Waals surface area contributed by atoms with Crippen molar-refractivity contribution in [2.75, 3.05) is 0 Å². The molecule has 0 aliphatic carbocycles. The smallest absolute Gasteiger partial charge is 0.271 e. The fourth-order valence-electron chi connectivity index (χ4n) is 3.11. The first-order valence-corrected chi connectivity index (χ1v) is 10.9. The van der Waals surface area contributed by atoms with Gasteiger partial charge in [0.25, 0.3) is 11.5 Å². The molecule has 3 aromatic rings. The lowest BCUT2D eigenvalue weighted by atomic mass is 10.2. The van der Waals surface area contributed by atoms with Gasteiger partial charge in [0, 0.05) is 11.1 Å². The summed E-state index contributed by atoms with van der Waals surface area (Å²) in [6, 6.07) is 13.8. The molecule has 0 bridgehead atoms. The molecule has 0 aliphatic heterocycles. The van der Waals surface area contributed by atoms with Gasteiger partial charge in [0.15, 0.2) is 5.56 Å². The third kappa shape index (κ3) is 6.26. The van der Waals surface area contributed by atoms with E-state index in [2.05, 4.69) is 15.3 Å². The van der Waals surface area contributed by atoms with Crippen LogP contribution in [0.3, 0.4) is 0 Å². The lowest BCUT2D eigenvalue weighted by Crippen LogP contribution is -2.42. The zero-order valence-corrected chi connectivity index (χ0v) is 19.7. The largest absolute Gasteiger partial charge is 0.494 e. The van der Waals surface area contributed by atoms with E-state index in [0.717, 1.165) is 5.56 Å². The second-order valence-electron chi connectivity index (χ2n) is 8.09. The lowest BCUT2D eigenvalue weighted by molar-refractivity contribution is 0.0937. The fourth-order valence-corrected chi connectivity index (χ4v) is 3.23. The topological polar surface area (TPSA) is 109 Å². The van der Waals surface area contributed by atoms with Gasteiger partial charge in [0.05, 0.1) is 18.3 Å². The minimum Gasteiger partial charge on any atom is -0.494 e. The molecule has 1 aromatic heterocycles. The van der Waals surface area contributed by atoms with Crippen LogP contribution in [0.5, 0.6) is 11.6 Å². The van der Waals surface area contributed by atoms with Gasteiger partial charge in [-0.05, 0) is 69.7 Å². The molecule has 0 saturated carbocycles. The number of aromatic hydroxyl groups is 1. The maximum Gasteiger partial charge on any atom is 0.271 e. The minimum absolute atomic E-state index is 0.0344. The zero-order valence-electron chi connectivity index (χ0n) is 18.9. The molecule has 0 radical (unpaired) electrons. The summed E-state index contributed by atoms with van der Waals surface area (Å²) in [5.74, 6) is -0.533. The van der Waals surface area contributed by atoms with Crippen molar-refractivity contribution in [1.82, 2.24) is 14.9 Å².